The van der Waals surface area contributed by atoms with E-state index in [2.05, 4.69) is 10.0 Å². The number of hydrogen-bond donors (Lipinski definition) is 0. The molecule has 0 fully saturated rings. The van der Waals surface area contributed by atoms with E-state index in [-0.39, 0.29) is 5.78 Å². The Bertz CT molecular complexity index is 396. The van der Waals surface area contributed by atoms with Crippen LogP contribution in [0, 0.1) is 0 Å². The van der Waals surface area contributed by atoms with Crippen LogP contribution >= 0.6 is 11.6 Å². The van der Waals surface area contributed by atoms with E-state index in [1.54, 1.807) is 6.07 Å². The minimum atomic E-state index is -0.176. The molecular formula is C8H6ClN3O. The van der Waals surface area contributed by atoms with E-state index >= 15 is 0 Å². The molecular weight excluding hydrogens is 190 g/mol. The third-order valence-corrected chi connectivity index (χ3v) is 1.73. The predicted octanol–water partition coefficient (Wildman–Crippen LogP) is 3.48. The van der Waals surface area contributed by atoms with Crippen molar-refractivity contribution in [1.29, 1.82) is 0 Å². The molecule has 0 spiro atoms. The lowest BCUT2D eigenvalue weighted by Crippen LogP contribution is -1.91. The lowest BCUT2D eigenvalue weighted by molar-refractivity contribution is 0.101. The highest BCUT2D eigenvalue weighted by molar-refractivity contribution is 6.31. The first-order valence-electron chi connectivity index (χ1n) is 3.50. The fourth-order valence-electron chi connectivity index (χ4n) is 0.926. The van der Waals surface area contributed by atoms with Gasteiger partial charge in [0.15, 0.2) is 5.78 Å². The predicted molar refractivity (Wildman–Crippen MR) is 50.3 cm³/mol. The van der Waals surface area contributed by atoms with Crippen molar-refractivity contribution in [2.75, 3.05) is 0 Å². The van der Waals surface area contributed by atoms with Gasteiger partial charge in [0, 0.05) is 21.2 Å². The van der Waals surface area contributed by atoms with Crippen molar-refractivity contribution in [3.8, 4) is 0 Å². The molecule has 1 aromatic rings. The van der Waals surface area contributed by atoms with Crippen LogP contribution in [0.15, 0.2) is 23.3 Å². The van der Waals surface area contributed by atoms with E-state index in [0.29, 0.717) is 16.3 Å². The average molecular weight is 196 g/mol. The van der Waals surface area contributed by atoms with Crippen LogP contribution in [-0.4, -0.2) is 5.78 Å². The van der Waals surface area contributed by atoms with Crippen LogP contribution in [0.5, 0.6) is 0 Å². The largest absolute Gasteiger partial charge is 0.294 e. The van der Waals surface area contributed by atoms with Gasteiger partial charge in [-0.1, -0.05) is 22.8 Å². The quantitative estimate of drug-likeness (QED) is 0.308. The maximum absolute atomic E-state index is 11.1. The minimum Gasteiger partial charge on any atom is -0.294 e. The molecule has 0 aromatic heterocycles. The van der Waals surface area contributed by atoms with Gasteiger partial charge in [0.2, 0.25) is 0 Å². The van der Waals surface area contributed by atoms with Gasteiger partial charge in [-0.25, -0.2) is 0 Å². The molecule has 0 aliphatic heterocycles. The zero-order valence-electron chi connectivity index (χ0n) is 6.86. The Kier molecular flexibility index (Phi) is 2.90. The Hall–Kier alpha value is -1.51. The van der Waals surface area contributed by atoms with Gasteiger partial charge < -0.3 is 0 Å². The first-order valence-corrected chi connectivity index (χ1v) is 3.88. The Morgan fingerprint density at radius 1 is 1.62 bits per heavy atom. The standard InChI is InChI=1S/C8H6ClN3O/c1-5(13)7-4-6(9)2-3-8(7)11-12-10/h2-4H,1H3. The van der Waals surface area contributed by atoms with Crippen molar-refractivity contribution in [3.63, 3.8) is 0 Å². The van der Waals surface area contributed by atoms with Crippen molar-refractivity contribution in [2.45, 2.75) is 6.92 Å². The average Bonchev–Trinajstić information content (AvgIpc) is 2.08. The normalized spacial score (nSPS) is 9.08. The molecule has 1 rings (SSSR count). The molecule has 4 nitrogen and oxygen atoms in total. The molecule has 0 amide bonds. The van der Waals surface area contributed by atoms with Crippen LogP contribution in [0.25, 0.3) is 10.4 Å². The second kappa shape index (κ2) is 3.94. The van der Waals surface area contributed by atoms with E-state index in [1.165, 1.54) is 19.1 Å². The first-order chi connectivity index (χ1) is 6.15. The second-order valence-electron chi connectivity index (χ2n) is 2.41. The number of carbonyl (C=O) groups excluding carboxylic acids is 1. The number of ketones is 1. The summed E-state index contributed by atoms with van der Waals surface area (Å²) in [4.78, 5) is 13.7. The molecule has 0 radical (unpaired) electrons. The molecule has 0 atom stereocenters. The summed E-state index contributed by atoms with van der Waals surface area (Å²) in [7, 11) is 0. The summed E-state index contributed by atoms with van der Waals surface area (Å²) in [6, 6.07) is 4.56. The number of carbonyl (C=O) groups is 1. The third-order valence-electron chi connectivity index (χ3n) is 1.49. The molecule has 0 aliphatic carbocycles. The molecule has 13 heavy (non-hydrogen) atoms. The highest BCUT2D eigenvalue weighted by Gasteiger charge is 2.05. The molecule has 1 aromatic carbocycles. The fourth-order valence-corrected chi connectivity index (χ4v) is 1.10. The van der Waals surface area contributed by atoms with Gasteiger partial charge >= 0.3 is 0 Å². The number of nitrogens with zero attached hydrogens (tertiary/aromatic N) is 3. The van der Waals surface area contributed by atoms with Gasteiger partial charge in [-0.15, -0.1) is 0 Å². The zero-order valence-corrected chi connectivity index (χ0v) is 7.62. The maximum atomic E-state index is 11.1. The molecule has 0 saturated carbocycles. The topological polar surface area (TPSA) is 65.8 Å². The van der Waals surface area contributed by atoms with Crippen molar-refractivity contribution in [2.24, 2.45) is 5.11 Å². The van der Waals surface area contributed by atoms with Crippen LogP contribution in [0.4, 0.5) is 5.69 Å². The fraction of sp³-hybridized carbons (Fsp3) is 0.125. The minimum absolute atomic E-state index is 0.176. The van der Waals surface area contributed by atoms with Gasteiger partial charge in [0.25, 0.3) is 0 Å². The monoisotopic (exact) mass is 195 g/mol. The second-order valence-corrected chi connectivity index (χ2v) is 2.84. The molecule has 0 bridgehead atoms. The van der Waals surface area contributed by atoms with Crippen molar-refractivity contribution in [1.82, 2.24) is 0 Å². The molecule has 0 saturated heterocycles. The molecule has 0 unspecified atom stereocenters. The van der Waals surface area contributed by atoms with Crippen LogP contribution in [-0.2, 0) is 0 Å². The summed E-state index contributed by atoms with van der Waals surface area (Å²) in [6.07, 6.45) is 0. The van der Waals surface area contributed by atoms with E-state index in [1.807, 2.05) is 0 Å². The number of Topliss-reactive ketones (excluding diaryl/α,β-unsaturated/α-hetero) is 1. The number of azide groups is 1. The number of benzene rings is 1. The third kappa shape index (κ3) is 2.21. The summed E-state index contributed by atoms with van der Waals surface area (Å²) < 4.78 is 0. The van der Waals surface area contributed by atoms with Crippen molar-refractivity contribution >= 4 is 23.1 Å². The summed E-state index contributed by atoms with van der Waals surface area (Å²) in [5, 5.41) is 3.82. The van der Waals surface area contributed by atoms with Crippen LogP contribution < -0.4 is 0 Å². The van der Waals surface area contributed by atoms with Gasteiger partial charge in [0.05, 0.1) is 0 Å². The Labute approximate surface area is 79.8 Å². The van der Waals surface area contributed by atoms with Gasteiger partial charge in [-0.3, -0.25) is 4.79 Å². The zero-order chi connectivity index (χ0) is 9.84. The molecule has 0 aliphatic rings. The smallest absolute Gasteiger partial charge is 0.160 e. The van der Waals surface area contributed by atoms with Gasteiger partial charge in [-0.2, -0.15) is 0 Å². The van der Waals surface area contributed by atoms with E-state index in [9.17, 15) is 4.79 Å². The van der Waals surface area contributed by atoms with Gasteiger partial charge in [-0.05, 0) is 24.6 Å². The SMILES string of the molecule is CC(=O)c1cc(Cl)ccc1N=[N+]=[N-]. The van der Waals surface area contributed by atoms with E-state index in [4.69, 9.17) is 17.1 Å². The highest BCUT2D eigenvalue weighted by atomic mass is 35.5. The lowest BCUT2D eigenvalue weighted by atomic mass is 10.1. The van der Waals surface area contributed by atoms with Gasteiger partial charge in [0.1, 0.15) is 0 Å². The van der Waals surface area contributed by atoms with Crippen LogP contribution in [0.2, 0.25) is 5.02 Å². The summed E-state index contributed by atoms with van der Waals surface area (Å²) in [6.45, 7) is 1.39. The first kappa shape index (κ1) is 9.58. The number of hydrogen-bond acceptors (Lipinski definition) is 2. The number of halogens is 1. The van der Waals surface area contributed by atoms with E-state index < -0.39 is 0 Å². The Balaban J connectivity index is 3.34. The summed E-state index contributed by atoms with van der Waals surface area (Å²) in [5.41, 5.74) is 8.85. The molecule has 0 heterocycles. The number of rotatable bonds is 2. The van der Waals surface area contributed by atoms with E-state index in [0.717, 1.165) is 0 Å². The van der Waals surface area contributed by atoms with Crippen LogP contribution in [0.3, 0.4) is 0 Å². The molecule has 5 heteroatoms. The van der Waals surface area contributed by atoms with Crippen molar-refractivity contribution < 1.29 is 4.79 Å². The van der Waals surface area contributed by atoms with Crippen LogP contribution in [0.1, 0.15) is 17.3 Å². The Morgan fingerprint density at radius 3 is 2.85 bits per heavy atom. The maximum Gasteiger partial charge on any atom is 0.160 e. The summed E-state index contributed by atoms with van der Waals surface area (Å²) >= 11 is 5.67. The summed E-state index contributed by atoms with van der Waals surface area (Å²) in [5.74, 6) is -0.176. The Morgan fingerprint density at radius 2 is 2.31 bits per heavy atom. The molecule has 0 N–H and O–H groups in total. The highest BCUT2D eigenvalue weighted by Crippen LogP contribution is 2.23. The van der Waals surface area contributed by atoms with Crippen molar-refractivity contribution in [3.05, 3.63) is 39.2 Å². The lowest BCUT2D eigenvalue weighted by Gasteiger charge is -2.00. The molecule has 66 valence electrons.